The fraction of sp³-hybridized carbons (Fsp3) is 0.375. The highest BCUT2D eigenvalue weighted by Gasteiger charge is 2.28. The lowest BCUT2D eigenvalue weighted by Crippen LogP contribution is -2.32. The molecular weight excluding hydrogens is 617 g/mol. The summed E-state index contributed by atoms with van der Waals surface area (Å²) < 4.78 is 103. The lowest BCUT2D eigenvalue weighted by molar-refractivity contribution is -0.137. The maximum atomic E-state index is 15.8. The predicted molar refractivity (Wildman–Crippen MR) is 160 cm³/mol. The minimum Gasteiger partial charge on any atom is -0.449 e. The minimum absolute atomic E-state index is 0.0638. The molecule has 3 aromatic carbocycles. The van der Waals surface area contributed by atoms with Crippen LogP contribution in [-0.2, 0) is 33.1 Å². The Labute approximate surface area is 258 Å². The van der Waals surface area contributed by atoms with Crippen LogP contribution < -0.4 is 4.72 Å². The Morgan fingerprint density at radius 2 is 1.67 bits per heavy atom. The summed E-state index contributed by atoms with van der Waals surface area (Å²) in [5.74, 6) is -1.20. The summed E-state index contributed by atoms with van der Waals surface area (Å²) in [5, 5.41) is 0. The highest BCUT2D eigenvalue weighted by molar-refractivity contribution is 7.90. The molecule has 0 aliphatic carbocycles. The molecule has 0 aliphatic heterocycles. The van der Waals surface area contributed by atoms with Crippen LogP contribution in [0, 0.1) is 11.6 Å². The number of fused-ring (bicyclic) bond motifs is 1. The van der Waals surface area contributed by atoms with Crippen molar-refractivity contribution in [3.8, 4) is 11.1 Å². The SMILES string of the molecule is CCCc1ccc(S(=O)(=O)NC(=O)OCCCC(F)(F)F)c(-c2cc(F)c(Cn3c(C(C)(C)C)nc4ccccc43)c(F)c2)c1. The van der Waals surface area contributed by atoms with Crippen LogP contribution in [0.4, 0.5) is 26.7 Å². The number of hydrogen-bond acceptors (Lipinski definition) is 5. The molecule has 1 aromatic heterocycles. The summed E-state index contributed by atoms with van der Waals surface area (Å²) in [7, 11) is -4.66. The van der Waals surface area contributed by atoms with E-state index in [4.69, 9.17) is 0 Å². The van der Waals surface area contributed by atoms with E-state index in [2.05, 4.69) is 9.72 Å². The monoisotopic (exact) mass is 651 g/mol. The molecule has 0 atom stereocenters. The second-order valence-electron chi connectivity index (χ2n) is 11.7. The number of hydrogen-bond donors (Lipinski definition) is 1. The number of sulfonamides is 1. The van der Waals surface area contributed by atoms with Crippen LogP contribution in [0.25, 0.3) is 22.2 Å². The first kappa shape index (κ1) is 33.9. The quantitative estimate of drug-likeness (QED) is 0.139. The third-order valence-corrected chi connectivity index (χ3v) is 8.39. The van der Waals surface area contributed by atoms with Gasteiger partial charge in [-0.25, -0.2) is 31.7 Å². The van der Waals surface area contributed by atoms with Gasteiger partial charge in [0, 0.05) is 23.0 Å². The van der Waals surface area contributed by atoms with Crippen LogP contribution in [-0.4, -0.2) is 36.8 Å². The van der Waals surface area contributed by atoms with Crippen LogP contribution in [0.3, 0.4) is 0 Å². The van der Waals surface area contributed by atoms with Crippen LogP contribution in [0.2, 0.25) is 0 Å². The molecule has 0 spiro atoms. The molecular formula is C32H34F5N3O4S. The minimum atomic E-state index is -4.66. The summed E-state index contributed by atoms with van der Waals surface area (Å²) >= 11 is 0. The lowest BCUT2D eigenvalue weighted by atomic mass is 9.95. The van der Waals surface area contributed by atoms with Crippen LogP contribution in [0.1, 0.15) is 63.9 Å². The van der Waals surface area contributed by atoms with Gasteiger partial charge in [0.15, 0.2) is 0 Å². The van der Waals surface area contributed by atoms with Gasteiger partial charge >= 0.3 is 12.3 Å². The maximum absolute atomic E-state index is 15.8. The highest BCUT2D eigenvalue weighted by Crippen LogP contribution is 2.33. The van der Waals surface area contributed by atoms with Gasteiger partial charge in [-0.1, -0.05) is 52.3 Å². The van der Waals surface area contributed by atoms with Crippen LogP contribution in [0.15, 0.2) is 59.5 Å². The number of aromatic nitrogens is 2. The number of nitrogens with one attached hydrogen (secondary N) is 1. The Balaban J connectivity index is 1.70. The predicted octanol–water partition coefficient (Wildman–Crippen LogP) is 8.04. The molecule has 4 rings (SSSR count). The summed E-state index contributed by atoms with van der Waals surface area (Å²) in [6.07, 6.45) is -6.46. The third-order valence-electron chi connectivity index (χ3n) is 7.02. The Kier molecular flexibility index (Phi) is 9.91. The van der Waals surface area contributed by atoms with Crippen molar-refractivity contribution in [2.24, 2.45) is 0 Å². The number of aryl methyl sites for hydroxylation is 1. The average Bonchev–Trinajstić information content (AvgIpc) is 3.31. The number of ether oxygens (including phenoxy) is 1. The van der Waals surface area contributed by atoms with E-state index in [1.165, 1.54) is 18.2 Å². The van der Waals surface area contributed by atoms with E-state index in [1.54, 1.807) is 15.4 Å². The van der Waals surface area contributed by atoms with Crippen molar-refractivity contribution in [2.45, 2.75) is 76.4 Å². The standard InChI is InChI=1S/C32H34F5N3O4S/c1-5-9-20-12-13-28(45(42,43)39-30(41)44-15-8-14-32(35,36)37)22(16-20)21-17-24(33)23(25(34)18-21)19-40-27-11-7-6-10-26(27)38-29(40)31(2,3)4/h6-7,10-13,16-18H,5,8-9,14-15,19H2,1-4H3,(H,39,41). The molecule has 0 unspecified atom stereocenters. The van der Waals surface area contributed by atoms with Gasteiger partial charge < -0.3 is 9.30 Å². The molecule has 45 heavy (non-hydrogen) atoms. The highest BCUT2D eigenvalue weighted by atomic mass is 32.2. The van der Waals surface area contributed by atoms with Crippen molar-refractivity contribution in [2.75, 3.05) is 6.61 Å². The first-order valence-corrected chi connectivity index (χ1v) is 15.8. The summed E-state index contributed by atoms with van der Waals surface area (Å²) in [5.41, 5.74) is 1.22. The summed E-state index contributed by atoms with van der Waals surface area (Å²) in [4.78, 5) is 16.4. The molecule has 0 aliphatic rings. The molecule has 0 bridgehead atoms. The number of nitrogens with zero attached hydrogens (tertiary/aromatic N) is 2. The van der Waals surface area contributed by atoms with Gasteiger partial charge in [0.05, 0.1) is 29.1 Å². The molecule has 1 amide bonds. The molecule has 4 aromatic rings. The zero-order chi connectivity index (χ0) is 33.2. The van der Waals surface area contributed by atoms with Crippen molar-refractivity contribution in [3.05, 3.63) is 83.2 Å². The van der Waals surface area contributed by atoms with E-state index >= 15 is 8.78 Å². The van der Waals surface area contributed by atoms with Gasteiger partial charge in [-0.15, -0.1) is 0 Å². The number of para-hydroxylation sites is 2. The Bertz CT molecular complexity index is 1790. The number of alkyl halides is 3. The molecule has 0 saturated carbocycles. The Hall–Kier alpha value is -4.00. The van der Waals surface area contributed by atoms with E-state index < -0.39 is 63.7 Å². The van der Waals surface area contributed by atoms with Crippen LogP contribution in [0.5, 0.6) is 0 Å². The van der Waals surface area contributed by atoms with E-state index in [1.807, 2.05) is 45.9 Å². The van der Waals surface area contributed by atoms with Gasteiger partial charge in [0.2, 0.25) is 0 Å². The molecule has 7 nitrogen and oxygen atoms in total. The second kappa shape index (κ2) is 13.2. The van der Waals surface area contributed by atoms with Crippen molar-refractivity contribution in [1.29, 1.82) is 0 Å². The van der Waals surface area contributed by atoms with Crippen molar-refractivity contribution in [1.82, 2.24) is 14.3 Å². The number of halogens is 5. The number of imidazole rings is 1. The maximum Gasteiger partial charge on any atom is 0.421 e. The van der Waals surface area contributed by atoms with E-state index in [0.29, 0.717) is 35.3 Å². The molecule has 1 N–H and O–H groups in total. The number of amides is 1. The number of benzene rings is 3. The Morgan fingerprint density at radius 3 is 2.29 bits per heavy atom. The topological polar surface area (TPSA) is 90.3 Å². The second-order valence-corrected chi connectivity index (χ2v) is 13.4. The first-order valence-electron chi connectivity index (χ1n) is 14.3. The lowest BCUT2D eigenvalue weighted by Gasteiger charge is -2.21. The summed E-state index contributed by atoms with van der Waals surface area (Å²) in [6.45, 7) is 6.90. The molecule has 13 heteroatoms. The van der Waals surface area contributed by atoms with E-state index in [-0.39, 0.29) is 23.2 Å². The smallest absolute Gasteiger partial charge is 0.421 e. The van der Waals surface area contributed by atoms with Crippen LogP contribution >= 0.6 is 0 Å². The zero-order valence-electron chi connectivity index (χ0n) is 25.3. The first-order chi connectivity index (χ1) is 21.0. The van der Waals surface area contributed by atoms with Gasteiger partial charge in [-0.05, 0) is 60.4 Å². The molecule has 1 heterocycles. The molecule has 0 radical (unpaired) electrons. The fourth-order valence-electron chi connectivity index (χ4n) is 4.99. The molecule has 0 saturated heterocycles. The van der Waals surface area contributed by atoms with Gasteiger partial charge in [-0.3, -0.25) is 0 Å². The molecule has 0 fully saturated rings. The zero-order valence-corrected chi connectivity index (χ0v) is 26.1. The normalized spacial score (nSPS) is 12.5. The van der Waals surface area contributed by atoms with Gasteiger partial charge in [0.25, 0.3) is 10.0 Å². The largest absolute Gasteiger partial charge is 0.449 e. The summed E-state index contributed by atoms with van der Waals surface area (Å²) in [6, 6.07) is 13.5. The van der Waals surface area contributed by atoms with Gasteiger partial charge in [0.1, 0.15) is 17.5 Å². The van der Waals surface area contributed by atoms with Crippen molar-refractivity contribution in [3.63, 3.8) is 0 Å². The van der Waals surface area contributed by atoms with E-state index in [0.717, 1.165) is 12.1 Å². The molecule has 242 valence electrons. The fourth-order valence-corrected chi connectivity index (χ4v) is 6.09. The van der Waals surface area contributed by atoms with E-state index in [9.17, 15) is 26.4 Å². The van der Waals surface area contributed by atoms with Gasteiger partial charge in [-0.2, -0.15) is 13.2 Å². The Morgan fingerprint density at radius 1 is 1.00 bits per heavy atom. The number of carbonyl (C=O) groups excluding carboxylic acids is 1. The van der Waals surface area contributed by atoms with Crippen molar-refractivity contribution < 1.29 is 39.9 Å². The number of rotatable bonds is 10. The number of carbonyl (C=O) groups is 1. The third kappa shape index (κ3) is 8.19. The van der Waals surface area contributed by atoms with Crippen molar-refractivity contribution >= 4 is 27.1 Å². The average molecular weight is 652 g/mol.